The fourth-order valence-electron chi connectivity index (χ4n) is 3.31. The Hall–Kier alpha value is -2.94. The Labute approximate surface area is 169 Å². The number of benzene rings is 2. The zero-order valence-corrected chi connectivity index (χ0v) is 16.2. The van der Waals surface area contributed by atoms with Gasteiger partial charge in [0, 0.05) is 24.3 Å². The van der Waals surface area contributed by atoms with E-state index in [1.807, 2.05) is 6.07 Å². The average Bonchev–Trinajstić information content (AvgIpc) is 3.29. The van der Waals surface area contributed by atoms with Gasteiger partial charge in [0.15, 0.2) is 5.16 Å². The van der Waals surface area contributed by atoms with Crippen LogP contribution in [-0.4, -0.2) is 33.7 Å². The molecule has 1 aliphatic rings. The van der Waals surface area contributed by atoms with Crippen molar-refractivity contribution in [3.63, 3.8) is 0 Å². The van der Waals surface area contributed by atoms with Crippen molar-refractivity contribution in [1.29, 1.82) is 0 Å². The summed E-state index contributed by atoms with van der Waals surface area (Å²) in [5.41, 5.74) is 2.07. The van der Waals surface area contributed by atoms with Crippen LogP contribution in [0.2, 0.25) is 0 Å². The van der Waals surface area contributed by atoms with Crippen molar-refractivity contribution in [3.05, 3.63) is 48.5 Å². The van der Waals surface area contributed by atoms with Gasteiger partial charge in [0.05, 0.1) is 16.8 Å². The van der Waals surface area contributed by atoms with E-state index in [-0.39, 0.29) is 22.7 Å². The molecule has 0 radical (unpaired) electrons. The normalized spacial score (nSPS) is 14.2. The maximum atomic E-state index is 13.5. The van der Waals surface area contributed by atoms with E-state index in [9.17, 15) is 18.4 Å². The van der Waals surface area contributed by atoms with Gasteiger partial charge in [0.1, 0.15) is 0 Å². The monoisotopic (exact) mass is 416 g/mol. The number of nitrogens with one attached hydrogen (secondary N) is 1. The number of carbonyl (C=O) groups is 2. The highest BCUT2D eigenvalue weighted by Crippen LogP contribution is 2.29. The number of carbonyl (C=O) groups excluding carboxylic acids is 2. The van der Waals surface area contributed by atoms with Gasteiger partial charge < -0.3 is 10.2 Å². The molecule has 1 aliphatic heterocycles. The molecule has 150 valence electrons. The van der Waals surface area contributed by atoms with Crippen LogP contribution < -0.4 is 10.2 Å². The van der Waals surface area contributed by atoms with Crippen molar-refractivity contribution in [2.45, 2.75) is 24.5 Å². The van der Waals surface area contributed by atoms with Crippen molar-refractivity contribution < 1.29 is 18.4 Å². The van der Waals surface area contributed by atoms with Crippen LogP contribution in [-0.2, 0) is 9.59 Å². The van der Waals surface area contributed by atoms with Gasteiger partial charge in [-0.3, -0.25) is 14.2 Å². The molecule has 1 N–H and O–H groups in total. The first-order chi connectivity index (χ1) is 14.0. The van der Waals surface area contributed by atoms with E-state index < -0.39 is 6.55 Å². The third-order valence-corrected chi connectivity index (χ3v) is 5.56. The highest BCUT2D eigenvalue weighted by atomic mass is 32.2. The third-order valence-electron chi connectivity index (χ3n) is 4.61. The summed E-state index contributed by atoms with van der Waals surface area (Å²) in [5.74, 6) is -0.342. The zero-order chi connectivity index (χ0) is 20.4. The predicted octanol–water partition coefficient (Wildman–Crippen LogP) is 4.29. The second kappa shape index (κ2) is 8.20. The lowest BCUT2D eigenvalue weighted by atomic mass is 10.2. The minimum absolute atomic E-state index is 0.0648. The summed E-state index contributed by atoms with van der Waals surface area (Å²) < 4.78 is 27.8. The molecule has 0 aliphatic carbocycles. The van der Waals surface area contributed by atoms with Crippen molar-refractivity contribution in [1.82, 2.24) is 9.55 Å². The lowest BCUT2D eigenvalue weighted by Gasteiger charge is -2.16. The van der Waals surface area contributed by atoms with E-state index >= 15 is 0 Å². The lowest BCUT2D eigenvalue weighted by Crippen LogP contribution is -2.23. The first-order valence-electron chi connectivity index (χ1n) is 9.11. The topological polar surface area (TPSA) is 67.2 Å². The molecule has 3 aromatic rings. The fraction of sp³-hybridized carbons (Fsp3) is 0.250. The molecular weight excluding hydrogens is 398 g/mol. The second-order valence-corrected chi connectivity index (χ2v) is 7.51. The number of thioether (sulfide) groups is 1. The Morgan fingerprint density at radius 2 is 2.03 bits per heavy atom. The van der Waals surface area contributed by atoms with E-state index in [4.69, 9.17) is 0 Å². The van der Waals surface area contributed by atoms with Gasteiger partial charge in [-0.1, -0.05) is 30.0 Å². The number of amides is 2. The maximum Gasteiger partial charge on any atom is 0.321 e. The maximum absolute atomic E-state index is 13.5. The molecule has 0 spiro atoms. The molecular formula is C20H18F2N4O2S. The first kappa shape index (κ1) is 19.4. The van der Waals surface area contributed by atoms with Crippen molar-refractivity contribution >= 4 is 46.0 Å². The summed E-state index contributed by atoms with van der Waals surface area (Å²) in [7, 11) is 0. The number of hydrogen-bond donors (Lipinski definition) is 1. The largest absolute Gasteiger partial charge is 0.325 e. The van der Waals surface area contributed by atoms with Gasteiger partial charge in [-0.05, 0) is 36.8 Å². The second-order valence-electron chi connectivity index (χ2n) is 6.57. The molecule has 2 amide bonds. The van der Waals surface area contributed by atoms with E-state index in [0.29, 0.717) is 29.7 Å². The Morgan fingerprint density at radius 1 is 1.21 bits per heavy atom. The molecule has 2 aromatic carbocycles. The summed E-state index contributed by atoms with van der Waals surface area (Å²) in [5, 5.41) is 2.84. The average molecular weight is 416 g/mol. The number of imidazole rings is 1. The molecule has 0 unspecified atom stereocenters. The fourth-order valence-corrected chi connectivity index (χ4v) is 4.13. The molecule has 0 saturated carbocycles. The molecule has 1 aromatic heterocycles. The predicted molar refractivity (Wildman–Crippen MR) is 108 cm³/mol. The van der Waals surface area contributed by atoms with Crippen molar-refractivity contribution in [2.75, 3.05) is 22.5 Å². The van der Waals surface area contributed by atoms with Crippen LogP contribution in [0.4, 0.5) is 20.2 Å². The Bertz CT molecular complexity index is 1070. The van der Waals surface area contributed by atoms with Crippen LogP contribution in [0.5, 0.6) is 0 Å². The quantitative estimate of drug-likeness (QED) is 0.609. The first-order valence-corrected chi connectivity index (χ1v) is 10.1. The molecule has 1 fully saturated rings. The Balaban J connectivity index is 1.44. The highest BCUT2D eigenvalue weighted by Gasteiger charge is 2.22. The number of alkyl halides is 2. The standard InChI is InChI=1S/C20H18F2N4O2S/c21-19(22)26-16-8-2-1-7-15(16)24-20(26)29-12-17(27)23-13-5-3-6-14(11-13)25-10-4-9-18(25)28/h1-3,5-8,11,19H,4,9-10,12H2,(H,23,27). The number of fused-ring (bicyclic) bond motifs is 1. The van der Waals surface area contributed by atoms with Crippen LogP contribution in [0.1, 0.15) is 19.4 Å². The highest BCUT2D eigenvalue weighted by molar-refractivity contribution is 7.99. The minimum Gasteiger partial charge on any atom is -0.325 e. The summed E-state index contributed by atoms with van der Waals surface area (Å²) in [4.78, 5) is 30.1. The van der Waals surface area contributed by atoms with Gasteiger partial charge in [0.2, 0.25) is 11.8 Å². The minimum atomic E-state index is -2.75. The van der Waals surface area contributed by atoms with E-state index in [1.54, 1.807) is 47.4 Å². The number of anilines is 2. The van der Waals surface area contributed by atoms with Crippen molar-refractivity contribution in [3.8, 4) is 0 Å². The lowest BCUT2D eigenvalue weighted by molar-refractivity contribution is -0.117. The van der Waals surface area contributed by atoms with Gasteiger partial charge in [-0.2, -0.15) is 8.78 Å². The van der Waals surface area contributed by atoms with E-state index in [1.165, 1.54) is 0 Å². The zero-order valence-electron chi connectivity index (χ0n) is 15.3. The Morgan fingerprint density at radius 3 is 2.79 bits per heavy atom. The van der Waals surface area contributed by atoms with Gasteiger partial charge in [0.25, 0.3) is 0 Å². The van der Waals surface area contributed by atoms with Crippen LogP contribution in [0.25, 0.3) is 11.0 Å². The Kier molecular flexibility index (Phi) is 5.48. The molecule has 6 nitrogen and oxygen atoms in total. The van der Waals surface area contributed by atoms with Crippen LogP contribution >= 0.6 is 11.8 Å². The number of hydrogen-bond acceptors (Lipinski definition) is 4. The van der Waals surface area contributed by atoms with Crippen LogP contribution in [0.15, 0.2) is 53.7 Å². The van der Waals surface area contributed by atoms with Crippen LogP contribution in [0, 0.1) is 0 Å². The summed E-state index contributed by atoms with van der Waals surface area (Å²) >= 11 is 0.954. The molecule has 0 bridgehead atoms. The molecule has 29 heavy (non-hydrogen) atoms. The van der Waals surface area contributed by atoms with E-state index in [2.05, 4.69) is 10.3 Å². The number of halogens is 2. The van der Waals surface area contributed by atoms with Crippen molar-refractivity contribution in [2.24, 2.45) is 0 Å². The smallest absolute Gasteiger partial charge is 0.321 e. The van der Waals surface area contributed by atoms with Gasteiger partial charge in [-0.15, -0.1) is 0 Å². The number of para-hydroxylation sites is 2. The number of rotatable bonds is 6. The summed E-state index contributed by atoms with van der Waals surface area (Å²) in [6.45, 7) is -2.08. The molecule has 4 rings (SSSR count). The number of nitrogens with zero attached hydrogens (tertiary/aromatic N) is 3. The molecule has 9 heteroatoms. The summed E-state index contributed by atoms with van der Waals surface area (Å²) in [6.07, 6.45) is 1.34. The third kappa shape index (κ3) is 4.09. The van der Waals surface area contributed by atoms with E-state index in [0.717, 1.165) is 28.4 Å². The molecule has 2 heterocycles. The summed E-state index contributed by atoms with van der Waals surface area (Å²) in [6, 6.07) is 13.7. The van der Waals surface area contributed by atoms with Gasteiger partial charge in [-0.25, -0.2) is 4.98 Å². The van der Waals surface area contributed by atoms with Gasteiger partial charge >= 0.3 is 6.55 Å². The molecule has 0 atom stereocenters. The van der Waals surface area contributed by atoms with Crippen LogP contribution in [0.3, 0.4) is 0 Å². The SMILES string of the molecule is O=C(CSc1nc2ccccc2n1C(F)F)Nc1cccc(N2CCCC2=O)c1. The molecule has 1 saturated heterocycles. The number of aromatic nitrogens is 2.